The minimum absolute atomic E-state index is 0.0383. The fourth-order valence-electron chi connectivity index (χ4n) is 1.78. The second kappa shape index (κ2) is 8.22. The SMILES string of the molecule is CCOc1ccc(/C=C\C(=O)N(CC)CCO)cc1N. The van der Waals surface area contributed by atoms with Gasteiger partial charge in [-0.3, -0.25) is 4.79 Å². The van der Waals surface area contributed by atoms with Crippen LogP contribution in [0.3, 0.4) is 0 Å². The van der Waals surface area contributed by atoms with Gasteiger partial charge < -0.3 is 20.5 Å². The molecule has 0 saturated heterocycles. The fourth-order valence-corrected chi connectivity index (χ4v) is 1.78. The van der Waals surface area contributed by atoms with Gasteiger partial charge in [0.1, 0.15) is 5.75 Å². The molecule has 1 amide bonds. The molecule has 0 atom stereocenters. The molecule has 0 unspecified atom stereocenters. The highest BCUT2D eigenvalue weighted by atomic mass is 16.5. The summed E-state index contributed by atoms with van der Waals surface area (Å²) in [4.78, 5) is 13.4. The lowest BCUT2D eigenvalue weighted by molar-refractivity contribution is -0.126. The van der Waals surface area contributed by atoms with E-state index in [1.54, 1.807) is 23.1 Å². The third kappa shape index (κ3) is 4.59. The van der Waals surface area contributed by atoms with Gasteiger partial charge in [0.05, 0.1) is 18.9 Å². The molecule has 0 heterocycles. The molecule has 0 saturated carbocycles. The molecule has 0 fully saturated rings. The second-order valence-electron chi connectivity index (χ2n) is 4.21. The highest BCUT2D eigenvalue weighted by Gasteiger charge is 2.07. The van der Waals surface area contributed by atoms with Gasteiger partial charge in [-0.15, -0.1) is 0 Å². The summed E-state index contributed by atoms with van der Waals surface area (Å²) in [6, 6.07) is 5.39. The van der Waals surface area contributed by atoms with Gasteiger partial charge in [0.25, 0.3) is 0 Å². The van der Waals surface area contributed by atoms with Crippen molar-refractivity contribution in [3.05, 3.63) is 29.8 Å². The normalized spacial score (nSPS) is 10.8. The first-order chi connectivity index (χ1) is 9.62. The standard InChI is InChI=1S/C15H22N2O3/c1-3-17(9-10-18)15(19)8-6-12-5-7-14(20-4-2)13(16)11-12/h5-8,11,18H,3-4,9-10,16H2,1-2H3/b8-6-. The molecule has 1 rings (SSSR count). The molecule has 3 N–H and O–H groups in total. The van der Waals surface area contributed by atoms with Gasteiger partial charge in [-0.05, 0) is 37.6 Å². The maximum Gasteiger partial charge on any atom is 0.246 e. The van der Waals surface area contributed by atoms with Crippen LogP contribution in [-0.4, -0.2) is 42.2 Å². The number of aliphatic hydroxyl groups is 1. The lowest BCUT2D eigenvalue weighted by Crippen LogP contribution is -2.31. The molecule has 5 heteroatoms. The Balaban J connectivity index is 2.74. The Hall–Kier alpha value is -2.01. The summed E-state index contributed by atoms with van der Waals surface area (Å²) < 4.78 is 5.35. The number of carbonyl (C=O) groups is 1. The number of nitrogen functional groups attached to an aromatic ring is 1. The van der Waals surface area contributed by atoms with Crippen LogP contribution < -0.4 is 10.5 Å². The lowest BCUT2D eigenvalue weighted by atomic mass is 10.1. The summed E-state index contributed by atoms with van der Waals surface area (Å²) in [6.07, 6.45) is 3.18. The monoisotopic (exact) mass is 278 g/mol. The van der Waals surface area contributed by atoms with Crippen molar-refractivity contribution in [1.29, 1.82) is 0 Å². The van der Waals surface area contributed by atoms with E-state index >= 15 is 0 Å². The molecule has 20 heavy (non-hydrogen) atoms. The molecule has 0 spiro atoms. The minimum Gasteiger partial charge on any atom is -0.492 e. The molecule has 5 nitrogen and oxygen atoms in total. The molecular formula is C15H22N2O3. The van der Waals surface area contributed by atoms with E-state index in [4.69, 9.17) is 15.6 Å². The number of nitrogens with zero attached hydrogens (tertiary/aromatic N) is 1. The van der Waals surface area contributed by atoms with Crippen molar-refractivity contribution in [2.24, 2.45) is 0 Å². The Kier molecular flexibility index (Phi) is 6.59. The Morgan fingerprint density at radius 1 is 1.45 bits per heavy atom. The van der Waals surface area contributed by atoms with Crippen LogP contribution in [0.15, 0.2) is 24.3 Å². The third-order valence-corrected chi connectivity index (χ3v) is 2.82. The zero-order valence-corrected chi connectivity index (χ0v) is 12.0. The average Bonchev–Trinajstić information content (AvgIpc) is 2.45. The molecule has 0 aliphatic heterocycles. The highest BCUT2D eigenvalue weighted by molar-refractivity contribution is 5.92. The van der Waals surface area contributed by atoms with Crippen LogP contribution in [0.25, 0.3) is 6.08 Å². The van der Waals surface area contributed by atoms with Crippen LogP contribution in [0.1, 0.15) is 19.4 Å². The number of hydrogen-bond acceptors (Lipinski definition) is 4. The molecule has 1 aromatic carbocycles. The zero-order chi connectivity index (χ0) is 15.0. The summed E-state index contributed by atoms with van der Waals surface area (Å²) in [5.41, 5.74) is 7.24. The topological polar surface area (TPSA) is 75.8 Å². The number of rotatable bonds is 7. The van der Waals surface area contributed by atoms with Crippen molar-refractivity contribution >= 4 is 17.7 Å². The summed E-state index contributed by atoms with van der Waals surface area (Å²) in [5, 5.41) is 8.87. The van der Waals surface area contributed by atoms with Crippen LogP contribution in [0, 0.1) is 0 Å². The van der Waals surface area contributed by atoms with Gasteiger partial charge in [0, 0.05) is 19.2 Å². The van der Waals surface area contributed by atoms with Gasteiger partial charge in [-0.2, -0.15) is 0 Å². The van der Waals surface area contributed by atoms with Crippen LogP contribution >= 0.6 is 0 Å². The first-order valence-corrected chi connectivity index (χ1v) is 6.72. The number of likely N-dealkylation sites (N-methyl/N-ethyl adjacent to an activating group) is 1. The van der Waals surface area contributed by atoms with Crippen LogP contribution in [0.5, 0.6) is 5.75 Å². The summed E-state index contributed by atoms with van der Waals surface area (Å²) in [6.45, 7) is 5.19. The Morgan fingerprint density at radius 2 is 2.20 bits per heavy atom. The largest absolute Gasteiger partial charge is 0.492 e. The Bertz CT molecular complexity index is 472. The number of aliphatic hydroxyl groups excluding tert-OH is 1. The first-order valence-electron chi connectivity index (χ1n) is 6.72. The first kappa shape index (κ1) is 16.0. The predicted molar refractivity (Wildman–Crippen MR) is 80.4 cm³/mol. The van der Waals surface area contributed by atoms with E-state index < -0.39 is 0 Å². The Labute approximate surface area is 119 Å². The van der Waals surface area contributed by atoms with E-state index in [0.717, 1.165) is 5.56 Å². The van der Waals surface area contributed by atoms with E-state index in [2.05, 4.69) is 0 Å². The van der Waals surface area contributed by atoms with Gasteiger partial charge in [-0.25, -0.2) is 0 Å². The molecule has 110 valence electrons. The summed E-state index contributed by atoms with van der Waals surface area (Å²) >= 11 is 0. The van der Waals surface area contributed by atoms with Crippen molar-refractivity contribution in [3.63, 3.8) is 0 Å². The molecule has 1 aromatic rings. The minimum atomic E-state index is -0.131. The number of nitrogens with two attached hydrogens (primary N) is 1. The second-order valence-corrected chi connectivity index (χ2v) is 4.21. The number of amides is 1. The number of hydrogen-bond donors (Lipinski definition) is 2. The molecule has 0 aliphatic carbocycles. The molecule has 0 aliphatic rings. The summed E-state index contributed by atoms with van der Waals surface area (Å²) in [5.74, 6) is 0.514. The Morgan fingerprint density at radius 3 is 2.75 bits per heavy atom. The maximum absolute atomic E-state index is 11.9. The number of anilines is 1. The van der Waals surface area contributed by atoms with E-state index in [1.807, 2.05) is 19.9 Å². The van der Waals surface area contributed by atoms with E-state index in [-0.39, 0.29) is 12.5 Å². The van der Waals surface area contributed by atoms with Crippen LogP contribution in [-0.2, 0) is 4.79 Å². The fraction of sp³-hybridized carbons (Fsp3) is 0.400. The van der Waals surface area contributed by atoms with E-state index in [0.29, 0.717) is 31.1 Å². The quantitative estimate of drug-likeness (QED) is 0.586. The van der Waals surface area contributed by atoms with Gasteiger partial charge in [-0.1, -0.05) is 6.07 Å². The number of ether oxygens (including phenoxy) is 1. The predicted octanol–water partition coefficient (Wildman–Crippen LogP) is 1.52. The van der Waals surface area contributed by atoms with Crippen molar-refractivity contribution in [2.75, 3.05) is 32.0 Å². The number of carbonyl (C=O) groups excluding carboxylic acids is 1. The average molecular weight is 278 g/mol. The van der Waals surface area contributed by atoms with Crippen LogP contribution in [0.2, 0.25) is 0 Å². The number of benzene rings is 1. The molecule has 0 bridgehead atoms. The van der Waals surface area contributed by atoms with Crippen molar-refractivity contribution < 1.29 is 14.6 Å². The lowest BCUT2D eigenvalue weighted by Gasteiger charge is -2.17. The van der Waals surface area contributed by atoms with Crippen LogP contribution in [0.4, 0.5) is 5.69 Å². The molecule has 0 radical (unpaired) electrons. The molecular weight excluding hydrogens is 256 g/mol. The maximum atomic E-state index is 11.9. The van der Waals surface area contributed by atoms with Gasteiger partial charge in [0.15, 0.2) is 0 Å². The smallest absolute Gasteiger partial charge is 0.246 e. The van der Waals surface area contributed by atoms with E-state index in [1.165, 1.54) is 6.08 Å². The third-order valence-electron chi connectivity index (χ3n) is 2.82. The van der Waals surface area contributed by atoms with Gasteiger partial charge >= 0.3 is 0 Å². The van der Waals surface area contributed by atoms with E-state index in [9.17, 15) is 4.79 Å². The zero-order valence-electron chi connectivity index (χ0n) is 12.0. The van der Waals surface area contributed by atoms with Crippen molar-refractivity contribution in [3.8, 4) is 5.75 Å². The summed E-state index contributed by atoms with van der Waals surface area (Å²) in [7, 11) is 0. The van der Waals surface area contributed by atoms with Gasteiger partial charge in [0.2, 0.25) is 5.91 Å². The van der Waals surface area contributed by atoms with Crippen molar-refractivity contribution in [2.45, 2.75) is 13.8 Å². The molecule has 0 aromatic heterocycles. The highest BCUT2D eigenvalue weighted by Crippen LogP contribution is 2.23. The van der Waals surface area contributed by atoms with Crippen molar-refractivity contribution in [1.82, 2.24) is 4.90 Å².